The number of thioether (sulfide) groups is 1. The fraction of sp³-hybridized carbons (Fsp3) is 0.571. The second kappa shape index (κ2) is 4.92. The van der Waals surface area contributed by atoms with Crippen LogP contribution in [0.2, 0.25) is 0 Å². The van der Waals surface area contributed by atoms with Crippen LogP contribution in [0.3, 0.4) is 0 Å². The summed E-state index contributed by atoms with van der Waals surface area (Å²) in [6.45, 7) is 2.77. The molecule has 0 atom stereocenters. The van der Waals surface area contributed by atoms with Crippen LogP contribution in [-0.2, 0) is 9.59 Å². The van der Waals surface area contributed by atoms with E-state index in [1.165, 1.54) is 30.5 Å². The van der Waals surface area contributed by atoms with Crippen LogP contribution in [0.15, 0.2) is 4.99 Å². The second-order valence-corrected chi connectivity index (χ2v) is 2.97. The summed E-state index contributed by atoms with van der Waals surface area (Å²) < 4.78 is 0. The Bertz CT molecular complexity index is 225. The van der Waals surface area contributed by atoms with E-state index >= 15 is 0 Å². The molecule has 4 nitrogen and oxygen atoms in total. The van der Waals surface area contributed by atoms with Crippen molar-refractivity contribution in [3.8, 4) is 0 Å². The highest BCUT2D eigenvalue weighted by Gasteiger charge is 2.09. The molecule has 0 aromatic heterocycles. The van der Waals surface area contributed by atoms with Crippen molar-refractivity contribution in [2.24, 2.45) is 4.99 Å². The molecule has 0 aromatic rings. The average molecular weight is 188 g/mol. The van der Waals surface area contributed by atoms with Gasteiger partial charge in [0.2, 0.25) is 11.8 Å². The number of rotatable bonds is 0. The molecule has 68 valence electrons. The number of hydrogen-bond donors (Lipinski definition) is 0. The number of amides is 2. The van der Waals surface area contributed by atoms with Gasteiger partial charge in [-0.25, -0.2) is 0 Å². The minimum atomic E-state index is -0.299. The number of carbonyl (C=O) groups is 2. The van der Waals surface area contributed by atoms with E-state index in [-0.39, 0.29) is 11.8 Å². The summed E-state index contributed by atoms with van der Waals surface area (Å²) >= 11 is 1.27. The molecule has 0 aromatic carbocycles. The van der Waals surface area contributed by atoms with Gasteiger partial charge in [0.1, 0.15) is 0 Å². The van der Waals surface area contributed by atoms with Crippen molar-refractivity contribution >= 4 is 28.7 Å². The van der Waals surface area contributed by atoms with Gasteiger partial charge >= 0.3 is 0 Å². The van der Waals surface area contributed by atoms with Crippen molar-refractivity contribution in [2.45, 2.75) is 13.8 Å². The number of nitrogens with zero attached hydrogens (tertiary/aromatic N) is 2. The Kier molecular flexibility index (Phi) is 4.58. The lowest BCUT2D eigenvalue weighted by molar-refractivity contribution is -0.124. The highest BCUT2D eigenvalue weighted by Crippen LogP contribution is 2.03. The Morgan fingerprint density at radius 2 is 1.83 bits per heavy atom. The first-order valence-electron chi connectivity index (χ1n) is 3.36. The van der Waals surface area contributed by atoms with Crippen LogP contribution in [0.4, 0.5) is 0 Å². The van der Waals surface area contributed by atoms with E-state index in [0.29, 0.717) is 5.17 Å². The predicted molar refractivity (Wildman–Crippen MR) is 50.1 cm³/mol. The molecule has 0 spiro atoms. The summed E-state index contributed by atoms with van der Waals surface area (Å²) in [4.78, 5) is 26.4. The molecule has 0 aliphatic carbocycles. The smallest absolute Gasteiger partial charge is 0.244 e. The van der Waals surface area contributed by atoms with Gasteiger partial charge in [0.15, 0.2) is 5.17 Å². The largest absolute Gasteiger partial charge is 0.295 e. The SMILES string of the molecule is CSC(=NC(C)=O)N(C)C(C)=O. The maximum atomic E-state index is 10.8. The van der Waals surface area contributed by atoms with E-state index in [9.17, 15) is 9.59 Å². The average Bonchev–Trinajstić information content (AvgIpc) is 1.98. The summed E-state index contributed by atoms with van der Waals surface area (Å²) in [5.74, 6) is -0.434. The zero-order valence-electron chi connectivity index (χ0n) is 7.62. The first-order valence-corrected chi connectivity index (χ1v) is 4.59. The van der Waals surface area contributed by atoms with Gasteiger partial charge < -0.3 is 0 Å². The van der Waals surface area contributed by atoms with E-state index in [0.717, 1.165) is 0 Å². The van der Waals surface area contributed by atoms with Crippen LogP contribution in [0.1, 0.15) is 13.8 Å². The Hall–Kier alpha value is -0.840. The third-order valence-electron chi connectivity index (χ3n) is 1.19. The molecule has 0 heterocycles. The maximum Gasteiger partial charge on any atom is 0.244 e. The number of amidine groups is 1. The molecule has 0 bridgehead atoms. The van der Waals surface area contributed by atoms with Crippen LogP contribution >= 0.6 is 11.8 Å². The molecule has 0 radical (unpaired) electrons. The van der Waals surface area contributed by atoms with Crippen LogP contribution in [-0.4, -0.2) is 35.2 Å². The van der Waals surface area contributed by atoms with Gasteiger partial charge in [-0.3, -0.25) is 14.5 Å². The molecule has 12 heavy (non-hydrogen) atoms. The lowest BCUT2D eigenvalue weighted by atomic mass is 10.6. The molecule has 5 heteroatoms. The molecule has 0 aliphatic rings. The highest BCUT2D eigenvalue weighted by atomic mass is 32.2. The fourth-order valence-corrected chi connectivity index (χ4v) is 1.15. The summed E-state index contributed by atoms with van der Waals surface area (Å²) in [6, 6.07) is 0. The fourth-order valence-electron chi connectivity index (χ4n) is 0.527. The van der Waals surface area contributed by atoms with Crippen molar-refractivity contribution in [2.75, 3.05) is 13.3 Å². The Morgan fingerprint density at radius 3 is 2.08 bits per heavy atom. The Labute approximate surface area is 76.0 Å². The second-order valence-electron chi connectivity index (χ2n) is 2.20. The standard InChI is InChI=1S/C7H12N2O2S/c1-5(10)8-7(12-4)9(3)6(2)11/h1-4H3. The maximum absolute atomic E-state index is 10.8. The van der Waals surface area contributed by atoms with E-state index in [2.05, 4.69) is 4.99 Å². The van der Waals surface area contributed by atoms with Gasteiger partial charge in [-0.05, 0) is 6.26 Å². The molecule has 2 amide bonds. The monoisotopic (exact) mass is 188 g/mol. The Morgan fingerprint density at radius 1 is 1.33 bits per heavy atom. The molecule has 0 N–H and O–H groups in total. The van der Waals surface area contributed by atoms with Crippen molar-refractivity contribution in [1.82, 2.24) is 4.90 Å². The van der Waals surface area contributed by atoms with Crippen LogP contribution < -0.4 is 0 Å². The van der Waals surface area contributed by atoms with Gasteiger partial charge in [-0.1, -0.05) is 11.8 Å². The van der Waals surface area contributed by atoms with E-state index in [1.807, 2.05) is 0 Å². The van der Waals surface area contributed by atoms with Gasteiger partial charge in [-0.15, -0.1) is 0 Å². The lowest BCUT2D eigenvalue weighted by Crippen LogP contribution is -2.29. The zero-order chi connectivity index (χ0) is 9.72. The van der Waals surface area contributed by atoms with Gasteiger partial charge in [0, 0.05) is 20.9 Å². The predicted octanol–water partition coefficient (Wildman–Crippen LogP) is 0.730. The summed E-state index contributed by atoms with van der Waals surface area (Å²) in [6.07, 6.45) is 1.77. The first kappa shape index (κ1) is 11.2. The van der Waals surface area contributed by atoms with Crippen molar-refractivity contribution in [3.63, 3.8) is 0 Å². The summed E-state index contributed by atoms with van der Waals surface area (Å²) in [5.41, 5.74) is 0. The third-order valence-corrected chi connectivity index (χ3v) is 1.93. The number of hydrogen-bond acceptors (Lipinski definition) is 3. The molecule has 0 saturated heterocycles. The first-order chi connectivity index (χ1) is 5.49. The topological polar surface area (TPSA) is 49.7 Å². The molecular weight excluding hydrogens is 176 g/mol. The van der Waals surface area contributed by atoms with Crippen molar-refractivity contribution in [3.05, 3.63) is 0 Å². The van der Waals surface area contributed by atoms with Gasteiger partial charge in [-0.2, -0.15) is 4.99 Å². The zero-order valence-corrected chi connectivity index (χ0v) is 8.44. The van der Waals surface area contributed by atoms with Gasteiger partial charge in [0.05, 0.1) is 0 Å². The van der Waals surface area contributed by atoms with Crippen molar-refractivity contribution in [1.29, 1.82) is 0 Å². The van der Waals surface area contributed by atoms with Crippen LogP contribution in [0.5, 0.6) is 0 Å². The molecular formula is C7H12N2O2S. The van der Waals surface area contributed by atoms with Crippen LogP contribution in [0.25, 0.3) is 0 Å². The van der Waals surface area contributed by atoms with Crippen molar-refractivity contribution < 1.29 is 9.59 Å². The van der Waals surface area contributed by atoms with Gasteiger partial charge in [0.25, 0.3) is 0 Å². The minimum absolute atomic E-state index is 0.135. The number of carbonyl (C=O) groups excluding carboxylic acids is 2. The normalized spacial score (nSPS) is 11.2. The molecule has 0 saturated carbocycles. The molecule has 0 fully saturated rings. The third kappa shape index (κ3) is 3.52. The summed E-state index contributed by atoms with van der Waals surface area (Å²) in [7, 11) is 1.58. The molecule has 0 unspecified atom stereocenters. The lowest BCUT2D eigenvalue weighted by Gasteiger charge is -2.14. The summed E-state index contributed by atoms with van der Waals surface area (Å²) in [5, 5.41) is 0.426. The number of aliphatic imine (C=N–C) groups is 1. The molecule has 0 rings (SSSR count). The van der Waals surface area contributed by atoms with E-state index < -0.39 is 0 Å². The van der Waals surface area contributed by atoms with E-state index in [4.69, 9.17) is 0 Å². The molecule has 0 aliphatic heterocycles. The highest BCUT2D eigenvalue weighted by molar-refractivity contribution is 8.13. The Balaban J connectivity index is 4.55. The van der Waals surface area contributed by atoms with E-state index in [1.54, 1.807) is 13.3 Å². The minimum Gasteiger partial charge on any atom is -0.295 e. The van der Waals surface area contributed by atoms with Crippen LogP contribution in [0, 0.1) is 0 Å². The quantitative estimate of drug-likeness (QED) is 0.416.